The maximum absolute atomic E-state index is 5.94. The molecule has 0 amide bonds. The van der Waals surface area contributed by atoms with Crippen LogP contribution in [0.1, 0.15) is 24.8 Å². The van der Waals surface area contributed by atoms with Crippen LogP contribution in [0.3, 0.4) is 0 Å². The number of benzene rings is 1. The van der Waals surface area contributed by atoms with Crippen molar-refractivity contribution in [1.82, 2.24) is 5.32 Å². The first kappa shape index (κ1) is 11.4. The van der Waals surface area contributed by atoms with E-state index in [-0.39, 0.29) is 5.79 Å². The van der Waals surface area contributed by atoms with Crippen LogP contribution < -0.4 is 14.8 Å². The highest BCUT2D eigenvalue weighted by molar-refractivity contribution is 9.10. The van der Waals surface area contributed by atoms with Crippen LogP contribution in [0.2, 0.25) is 0 Å². The number of hydrogen-bond acceptors (Lipinski definition) is 3. The van der Waals surface area contributed by atoms with Crippen LogP contribution in [0.25, 0.3) is 0 Å². The number of likely N-dealkylation sites (N-methyl/N-ethyl adjacent to an activating group) is 1. The van der Waals surface area contributed by atoms with Crippen LogP contribution in [0.15, 0.2) is 16.6 Å². The molecule has 0 saturated heterocycles. The van der Waals surface area contributed by atoms with Gasteiger partial charge in [-0.25, -0.2) is 0 Å². The maximum Gasteiger partial charge on any atom is 0.251 e. The Balaban J connectivity index is 1.85. The normalized spacial score (nSPS) is 19.4. The third-order valence-electron chi connectivity index (χ3n) is 3.46. The number of hydrogen-bond donors (Lipinski definition) is 1. The van der Waals surface area contributed by atoms with E-state index >= 15 is 0 Å². The molecule has 1 aliphatic heterocycles. The molecule has 3 nitrogen and oxygen atoms in total. The van der Waals surface area contributed by atoms with Gasteiger partial charge in [0.15, 0.2) is 11.5 Å². The van der Waals surface area contributed by atoms with Crippen LogP contribution in [0.4, 0.5) is 0 Å². The zero-order chi connectivity index (χ0) is 11.9. The average Bonchev–Trinajstić information content (AvgIpc) is 2.64. The van der Waals surface area contributed by atoms with E-state index in [1.165, 1.54) is 12.0 Å². The van der Waals surface area contributed by atoms with Crippen molar-refractivity contribution in [2.75, 3.05) is 13.6 Å². The van der Waals surface area contributed by atoms with E-state index < -0.39 is 0 Å². The van der Waals surface area contributed by atoms with E-state index in [2.05, 4.69) is 27.3 Å². The van der Waals surface area contributed by atoms with Gasteiger partial charge in [-0.3, -0.25) is 0 Å². The summed E-state index contributed by atoms with van der Waals surface area (Å²) >= 11 is 3.59. The summed E-state index contributed by atoms with van der Waals surface area (Å²) in [5.74, 6) is 1.45. The van der Waals surface area contributed by atoms with Crippen LogP contribution in [0, 0.1) is 0 Å². The second kappa shape index (κ2) is 4.18. The molecular formula is C13H16BrNO2. The molecule has 0 aromatic heterocycles. The zero-order valence-corrected chi connectivity index (χ0v) is 11.5. The predicted molar refractivity (Wildman–Crippen MR) is 69.6 cm³/mol. The summed E-state index contributed by atoms with van der Waals surface area (Å²) in [5, 5.41) is 3.16. The average molecular weight is 298 g/mol. The highest BCUT2D eigenvalue weighted by Crippen LogP contribution is 2.49. The van der Waals surface area contributed by atoms with Gasteiger partial charge >= 0.3 is 0 Å². The predicted octanol–water partition coefficient (Wildman–Crippen LogP) is 2.86. The van der Waals surface area contributed by atoms with Gasteiger partial charge in [-0.15, -0.1) is 0 Å². The molecule has 0 bridgehead atoms. The van der Waals surface area contributed by atoms with Crippen molar-refractivity contribution in [3.63, 3.8) is 0 Å². The van der Waals surface area contributed by atoms with Crippen molar-refractivity contribution in [2.45, 2.75) is 31.5 Å². The molecule has 1 aromatic carbocycles. The Morgan fingerprint density at radius 3 is 2.59 bits per heavy atom. The molecule has 3 rings (SSSR count). The molecule has 17 heavy (non-hydrogen) atoms. The molecule has 1 saturated carbocycles. The van der Waals surface area contributed by atoms with Crippen molar-refractivity contribution < 1.29 is 9.47 Å². The SMILES string of the molecule is CNCCc1cc2c(cc1Br)OC1(CCC1)O2. The molecule has 1 aliphatic carbocycles. The molecule has 0 radical (unpaired) electrons. The van der Waals surface area contributed by atoms with Gasteiger partial charge in [0.2, 0.25) is 0 Å². The van der Waals surface area contributed by atoms with Crippen molar-refractivity contribution in [2.24, 2.45) is 0 Å². The highest BCUT2D eigenvalue weighted by atomic mass is 79.9. The Bertz CT molecular complexity index is 443. The summed E-state index contributed by atoms with van der Waals surface area (Å²) in [6.45, 7) is 0.962. The Morgan fingerprint density at radius 1 is 1.29 bits per heavy atom. The lowest BCUT2D eigenvalue weighted by molar-refractivity contribution is -0.138. The fourth-order valence-corrected chi connectivity index (χ4v) is 2.80. The van der Waals surface area contributed by atoms with E-state index in [4.69, 9.17) is 9.47 Å². The van der Waals surface area contributed by atoms with Crippen LogP contribution in [-0.2, 0) is 6.42 Å². The Morgan fingerprint density at radius 2 is 2.00 bits per heavy atom. The van der Waals surface area contributed by atoms with Gasteiger partial charge in [0.25, 0.3) is 5.79 Å². The highest BCUT2D eigenvalue weighted by Gasteiger charge is 2.47. The summed E-state index contributed by atoms with van der Waals surface area (Å²) in [4.78, 5) is 0. The Labute approximate surface area is 110 Å². The maximum atomic E-state index is 5.94. The van der Waals surface area contributed by atoms with Crippen molar-refractivity contribution in [3.05, 3.63) is 22.2 Å². The van der Waals surface area contributed by atoms with Crippen LogP contribution in [0.5, 0.6) is 11.5 Å². The van der Waals surface area contributed by atoms with Gasteiger partial charge in [0.05, 0.1) is 0 Å². The minimum atomic E-state index is -0.330. The standard InChI is InChI=1S/C13H16BrNO2/c1-15-6-3-9-7-11-12(8-10(9)14)17-13(16-11)4-2-5-13/h7-8,15H,2-6H2,1H3. The molecule has 1 aromatic rings. The molecule has 1 spiro atoms. The lowest BCUT2D eigenvalue weighted by atomic mass is 9.91. The molecule has 92 valence electrons. The topological polar surface area (TPSA) is 30.5 Å². The van der Waals surface area contributed by atoms with E-state index in [9.17, 15) is 0 Å². The van der Waals surface area contributed by atoms with Crippen LogP contribution >= 0.6 is 15.9 Å². The first-order chi connectivity index (χ1) is 8.22. The summed E-state index contributed by atoms with van der Waals surface area (Å²) in [7, 11) is 1.96. The minimum Gasteiger partial charge on any atom is -0.448 e. The number of rotatable bonds is 3. The molecule has 1 N–H and O–H groups in total. The molecule has 1 fully saturated rings. The quantitative estimate of drug-likeness (QED) is 0.931. The Hall–Kier alpha value is -0.740. The molecule has 0 unspecified atom stereocenters. The van der Waals surface area contributed by atoms with E-state index in [0.717, 1.165) is 41.8 Å². The van der Waals surface area contributed by atoms with E-state index in [1.54, 1.807) is 0 Å². The largest absolute Gasteiger partial charge is 0.448 e. The van der Waals surface area contributed by atoms with E-state index in [1.807, 2.05) is 13.1 Å². The van der Waals surface area contributed by atoms with Crippen molar-refractivity contribution in [1.29, 1.82) is 0 Å². The van der Waals surface area contributed by atoms with Gasteiger partial charge in [-0.2, -0.15) is 0 Å². The number of ether oxygens (including phenoxy) is 2. The zero-order valence-electron chi connectivity index (χ0n) is 9.88. The monoisotopic (exact) mass is 297 g/mol. The molecule has 4 heteroatoms. The summed E-state index contributed by atoms with van der Waals surface area (Å²) < 4.78 is 12.9. The fraction of sp³-hybridized carbons (Fsp3) is 0.538. The van der Waals surface area contributed by atoms with Gasteiger partial charge in [-0.1, -0.05) is 15.9 Å². The number of fused-ring (bicyclic) bond motifs is 1. The Kier molecular flexibility index (Phi) is 2.79. The number of nitrogens with one attached hydrogen (secondary N) is 1. The lowest BCUT2D eigenvalue weighted by Gasteiger charge is -2.35. The first-order valence-corrected chi connectivity index (χ1v) is 6.87. The third-order valence-corrected chi connectivity index (χ3v) is 4.20. The lowest BCUT2D eigenvalue weighted by Crippen LogP contribution is -2.45. The second-order valence-corrected chi connectivity index (χ2v) is 5.57. The van der Waals surface area contributed by atoms with E-state index in [0.29, 0.717) is 0 Å². The van der Waals surface area contributed by atoms with Gasteiger partial charge in [0.1, 0.15) is 0 Å². The first-order valence-electron chi connectivity index (χ1n) is 6.07. The second-order valence-electron chi connectivity index (χ2n) is 4.71. The van der Waals surface area contributed by atoms with Crippen molar-refractivity contribution >= 4 is 15.9 Å². The summed E-state index contributed by atoms with van der Waals surface area (Å²) in [6, 6.07) is 4.14. The molecular weight excluding hydrogens is 282 g/mol. The molecule has 1 heterocycles. The van der Waals surface area contributed by atoms with Crippen molar-refractivity contribution in [3.8, 4) is 11.5 Å². The number of halogens is 1. The molecule has 2 aliphatic rings. The summed E-state index contributed by atoms with van der Waals surface area (Å²) in [5.41, 5.74) is 1.26. The molecule has 0 atom stereocenters. The van der Waals surface area contributed by atoms with Crippen LogP contribution in [-0.4, -0.2) is 19.4 Å². The van der Waals surface area contributed by atoms with Gasteiger partial charge in [-0.05, 0) is 44.1 Å². The van der Waals surface area contributed by atoms with Gasteiger partial charge in [0, 0.05) is 17.3 Å². The summed E-state index contributed by atoms with van der Waals surface area (Å²) in [6.07, 6.45) is 4.19. The third kappa shape index (κ3) is 1.93. The van der Waals surface area contributed by atoms with Gasteiger partial charge < -0.3 is 14.8 Å². The fourth-order valence-electron chi connectivity index (χ4n) is 2.28. The minimum absolute atomic E-state index is 0.330. The smallest absolute Gasteiger partial charge is 0.251 e.